The Morgan fingerprint density at radius 1 is 1.15 bits per heavy atom. The average Bonchev–Trinajstić information content (AvgIpc) is 2.40. The van der Waals surface area contributed by atoms with E-state index < -0.39 is 5.69 Å². The molecule has 0 spiro atoms. The molecule has 0 bridgehead atoms. The van der Waals surface area contributed by atoms with Crippen molar-refractivity contribution in [1.29, 1.82) is 0 Å². The van der Waals surface area contributed by atoms with E-state index in [-0.39, 0.29) is 10.7 Å². The van der Waals surface area contributed by atoms with Crippen molar-refractivity contribution in [3.05, 3.63) is 66.4 Å². The highest BCUT2D eigenvalue weighted by molar-refractivity contribution is 6.30. The van der Waals surface area contributed by atoms with Gasteiger partial charge in [0.15, 0.2) is 0 Å². The third-order valence-corrected chi connectivity index (χ3v) is 3.70. The summed E-state index contributed by atoms with van der Waals surface area (Å²) in [5.74, 6) is 0. The third-order valence-electron chi connectivity index (χ3n) is 3.12. The minimum Gasteiger partial charge on any atom is -0.297 e. The number of aromatic amines is 1. The van der Waals surface area contributed by atoms with Crippen LogP contribution in [0.5, 0.6) is 0 Å². The minimum absolute atomic E-state index is 0.130. The highest BCUT2D eigenvalue weighted by Gasteiger charge is 2.10. The second kappa shape index (κ2) is 6.29. The monoisotopic (exact) mass is 312 g/mol. The topological polar surface area (TPSA) is 54.9 Å². The van der Waals surface area contributed by atoms with Crippen molar-refractivity contribution in [1.82, 2.24) is 9.55 Å². The normalized spacial score (nSPS) is 10.8. The summed E-state index contributed by atoms with van der Waals surface area (Å²) in [5.41, 5.74) is 0.637. The van der Waals surface area contributed by atoms with Crippen LogP contribution in [-0.4, -0.2) is 9.55 Å². The van der Waals surface area contributed by atoms with Crippen LogP contribution in [0.3, 0.4) is 0 Å². The van der Waals surface area contributed by atoms with Crippen LogP contribution in [0.1, 0.15) is 18.1 Å². The van der Waals surface area contributed by atoms with Crippen LogP contribution in [-0.2, 0) is 19.4 Å². The van der Waals surface area contributed by atoms with Gasteiger partial charge in [0, 0.05) is 11.6 Å². The Kier molecular flexibility index (Phi) is 4.68. The molecule has 0 aliphatic heterocycles. The van der Waals surface area contributed by atoms with E-state index in [1.807, 2.05) is 19.1 Å². The Labute approximate surface area is 126 Å². The van der Waals surface area contributed by atoms with Crippen molar-refractivity contribution in [2.24, 2.45) is 0 Å². The quantitative estimate of drug-likeness (QED) is 0.882. The molecule has 4 nitrogen and oxygen atoms in total. The molecule has 1 aromatic heterocycles. The molecule has 0 aliphatic carbocycles. The Hall–Kier alpha value is -1.52. The lowest BCUT2D eigenvalue weighted by Crippen LogP contribution is -2.37. The highest BCUT2D eigenvalue weighted by atomic mass is 35.5. The minimum atomic E-state index is -0.480. The SMILES string of the molecule is CCc1c(Cl)[nH]c(=O)n(CCc2ccc(Cl)cc2)c1=O. The maximum Gasteiger partial charge on any atom is 0.329 e. The molecule has 6 heteroatoms. The van der Waals surface area contributed by atoms with Gasteiger partial charge in [0.1, 0.15) is 5.15 Å². The summed E-state index contributed by atoms with van der Waals surface area (Å²) in [6.45, 7) is 2.13. The molecule has 0 saturated carbocycles. The van der Waals surface area contributed by atoms with Crippen LogP contribution in [0.4, 0.5) is 0 Å². The van der Waals surface area contributed by atoms with Crippen molar-refractivity contribution in [3.63, 3.8) is 0 Å². The molecule has 0 fully saturated rings. The van der Waals surface area contributed by atoms with E-state index in [9.17, 15) is 9.59 Å². The number of halogens is 2. The van der Waals surface area contributed by atoms with Crippen LogP contribution in [0.15, 0.2) is 33.9 Å². The molecule has 0 radical (unpaired) electrons. The Balaban J connectivity index is 2.28. The number of benzene rings is 1. The van der Waals surface area contributed by atoms with Crippen molar-refractivity contribution < 1.29 is 0 Å². The van der Waals surface area contributed by atoms with Crippen LogP contribution in [0, 0.1) is 0 Å². The van der Waals surface area contributed by atoms with Crippen LogP contribution in [0.2, 0.25) is 10.2 Å². The molecular weight excluding hydrogens is 299 g/mol. The van der Waals surface area contributed by atoms with E-state index >= 15 is 0 Å². The molecule has 2 aromatic rings. The van der Waals surface area contributed by atoms with E-state index in [0.717, 1.165) is 5.56 Å². The number of rotatable bonds is 4. The predicted molar refractivity (Wildman–Crippen MR) is 80.9 cm³/mol. The van der Waals surface area contributed by atoms with Gasteiger partial charge in [-0.1, -0.05) is 42.3 Å². The molecule has 1 N–H and O–H groups in total. The number of nitrogens with one attached hydrogen (secondary N) is 1. The van der Waals surface area contributed by atoms with Gasteiger partial charge in [-0.2, -0.15) is 0 Å². The van der Waals surface area contributed by atoms with Crippen LogP contribution < -0.4 is 11.2 Å². The zero-order chi connectivity index (χ0) is 14.7. The first-order valence-corrected chi connectivity index (χ1v) is 7.04. The summed E-state index contributed by atoms with van der Waals surface area (Å²) in [6.07, 6.45) is 1.06. The first kappa shape index (κ1) is 14.9. The largest absolute Gasteiger partial charge is 0.329 e. The Bertz CT molecular complexity index is 717. The van der Waals surface area contributed by atoms with E-state index in [2.05, 4.69) is 4.98 Å². The summed E-state index contributed by atoms with van der Waals surface area (Å²) >= 11 is 11.7. The fraction of sp³-hybridized carbons (Fsp3) is 0.286. The first-order valence-electron chi connectivity index (χ1n) is 6.29. The number of hydrogen-bond donors (Lipinski definition) is 1. The van der Waals surface area contributed by atoms with Gasteiger partial charge in [-0.3, -0.25) is 14.3 Å². The van der Waals surface area contributed by atoms with Gasteiger partial charge >= 0.3 is 5.69 Å². The lowest BCUT2D eigenvalue weighted by atomic mass is 10.1. The van der Waals surface area contributed by atoms with Gasteiger partial charge in [-0.25, -0.2) is 4.79 Å². The molecule has 0 amide bonds. The molecule has 0 unspecified atom stereocenters. The molecule has 0 atom stereocenters. The van der Waals surface area contributed by atoms with Gasteiger partial charge in [-0.15, -0.1) is 0 Å². The third kappa shape index (κ3) is 3.14. The number of H-pyrrole nitrogens is 1. The summed E-state index contributed by atoms with van der Waals surface area (Å²) in [4.78, 5) is 26.5. The maximum atomic E-state index is 12.2. The lowest BCUT2D eigenvalue weighted by molar-refractivity contribution is 0.619. The molecule has 0 aliphatic rings. The molecule has 1 aromatic carbocycles. The Morgan fingerprint density at radius 2 is 1.80 bits per heavy atom. The standard InChI is InChI=1S/C14H14Cl2N2O2/c1-2-11-12(16)17-14(20)18(13(11)19)8-7-9-3-5-10(15)6-4-9/h3-6H,2,7-8H2,1H3,(H,17,20). The number of aryl methyl sites for hydroxylation is 1. The summed E-state index contributed by atoms with van der Waals surface area (Å²) in [7, 11) is 0. The fourth-order valence-electron chi connectivity index (χ4n) is 1.99. The fourth-order valence-corrected chi connectivity index (χ4v) is 2.41. The van der Waals surface area contributed by atoms with Crippen molar-refractivity contribution in [2.75, 3.05) is 0 Å². The zero-order valence-corrected chi connectivity index (χ0v) is 12.5. The molecule has 1 heterocycles. The average molecular weight is 313 g/mol. The Morgan fingerprint density at radius 3 is 2.40 bits per heavy atom. The predicted octanol–water partition coefficient (Wildman–Crippen LogP) is 2.65. The molecule has 2 rings (SSSR count). The second-order valence-electron chi connectivity index (χ2n) is 4.41. The van der Waals surface area contributed by atoms with E-state index in [1.165, 1.54) is 4.57 Å². The summed E-state index contributed by atoms with van der Waals surface area (Å²) in [5, 5.41) is 0.786. The van der Waals surface area contributed by atoms with Crippen molar-refractivity contribution in [2.45, 2.75) is 26.3 Å². The van der Waals surface area contributed by atoms with E-state index in [0.29, 0.717) is 30.0 Å². The smallest absolute Gasteiger partial charge is 0.297 e. The van der Waals surface area contributed by atoms with Gasteiger partial charge < -0.3 is 0 Å². The van der Waals surface area contributed by atoms with E-state index in [1.54, 1.807) is 12.1 Å². The zero-order valence-electron chi connectivity index (χ0n) is 11.0. The highest BCUT2D eigenvalue weighted by Crippen LogP contribution is 2.10. The van der Waals surface area contributed by atoms with E-state index in [4.69, 9.17) is 23.2 Å². The number of nitrogens with zero attached hydrogens (tertiary/aromatic N) is 1. The van der Waals surface area contributed by atoms with Crippen molar-refractivity contribution in [3.8, 4) is 0 Å². The summed E-state index contributed by atoms with van der Waals surface area (Å²) in [6, 6.07) is 7.31. The molecular formula is C14H14Cl2N2O2. The van der Waals surface area contributed by atoms with Crippen LogP contribution >= 0.6 is 23.2 Å². The lowest BCUT2D eigenvalue weighted by Gasteiger charge is -2.08. The molecule has 0 saturated heterocycles. The van der Waals surface area contributed by atoms with Gasteiger partial charge in [0.05, 0.1) is 5.56 Å². The van der Waals surface area contributed by atoms with Gasteiger partial charge in [0.25, 0.3) is 5.56 Å². The van der Waals surface area contributed by atoms with Gasteiger partial charge in [-0.05, 0) is 30.5 Å². The second-order valence-corrected chi connectivity index (χ2v) is 5.22. The summed E-state index contributed by atoms with van der Waals surface area (Å²) < 4.78 is 1.18. The number of hydrogen-bond acceptors (Lipinski definition) is 2. The number of aromatic nitrogens is 2. The van der Waals surface area contributed by atoms with Crippen LogP contribution in [0.25, 0.3) is 0 Å². The van der Waals surface area contributed by atoms with Crippen molar-refractivity contribution >= 4 is 23.2 Å². The maximum absolute atomic E-state index is 12.2. The molecule has 106 valence electrons. The first-order chi connectivity index (χ1) is 9.52. The molecule has 20 heavy (non-hydrogen) atoms. The van der Waals surface area contributed by atoms with Gasteiger partial charge in [0.2, 0.25) is 0 Å².